The molecule has 10 heteroatoms. The van der Waals surface area contributed by atoms with E-state index >= 15 is 0 Å². The number of carbonyl (C=O) groups excluding carboxylic acids is 2. The molecule has 1 amide bonds. The number of fused-ring (bicyclic) bond motifs is 4. The minimum absolute atomic E-state index is 0.213. The molecule has 1 N–H and O–H groups in total. The first kappa shape index (κ1) is 22.8. The quantitative estimate of drug-likeness (QED) is 0.289. The Labute approximate surface area is 205 Å². The number of hydrogen-bond donors (Lipinski definition) is 1. The SMILES string of the molecule is CCOC(=O)c1c(NC(=O)C(C)Sc2nnc3c4ccccc4n(CC)c3n2)sc2c1CCC2. The summed E-state index contributed by atoms with van der Waals surface area (Å²) in [6, 6.07) is 8.03. The van der Waals surface area contributed by atoms with Crippen LogP contribution in [0.2, 0.25) is 0 Å². The predicted molar refractivity (Wildman–Crippen MR) is 135 cm³/mol. The highest BCUT2D eigenvalue weighted by atomic mass is 32.2. The van der Waals surface area contributed by atoms with Gasteiger partial charge in [0.15, 0.2) is 5.65 Å². The fourth-order valence-corrected chi connectivity index (χ4v) is 6.39. The molecule has 3 heterocycles. The summed E-state index contributed by atoms with van der Waals surface area (Å²) >= 11 is 2.72. The summed E-state index contributed by atoms with van der Waals surface area (Å²) in [5.74, 6) is -0.585. The van der Waals surface area contributed by atoms with Crippen molar-refractivity contribution in [1.29, 1.82) is 0 Å². The van der Waals surface area contributed by atoms with Gasteiger partial charge >= 0.3 is 5.97 Å². The molecule has 34 heavy (non-hydrogen) atoms. The first-order valence-electron chi connectivity index (χ1n) is 11.4. The molecule has 1 aliphatic rings. The van der Waals surface area contributed by atoms with Gasteiger partial charge in [-0.3, -0.25) is 4.79 Å². The fourth-order valence-electron chi connectivity index (χ4n) is 4.40. The lowest BCUT2D eigenvalue weighted by Crippen LogP contribution is -2.23. The molecule has 8 nitrogen and oxygen atoms in total. The summed E-state index contributed by atoms with van der Waals surface area (Å²) in [4.78, 5) is 31.5. The number of nitrogens with one attached hydrogen (secondary N) is 1. The molecule has 0 saturated heterocycles. The highest BCUT2D eigenvalue weighted by molar-refractivity contribution is 8.00. The van der Waals surface area contributed by atoms with Crippen LogP contribution < -0.4 is 5.32 Å². The zero-order valence-corrected chi connectivity index (χ0v) is 20.9. The van der Waals surface area contributed by atoms with E-state index in [1.807, 2.05) is 24.3 Å². The zero-order valence-electron chi connectivity index (χ0n) is 19.3. The first-order chi connectivity index (χ1) is 16.5. The molecule has 0 fully saturated rings. The fraction of sp³-hybridized carbons (Fsp3) is 0.375. The van der Waals surface area contributed by atoms with E-state index in [0.29, 0.717) is 22.3 Å². The van der Waals surface area contributed by atoms with E-state index in [0.717, 1.165) is 58.3 Å². The Hall–Kier alpha value is -2.98. The average Bonchev–Trinajstić information content (AvgIpc) is 3.49. The smallest absolute Gasteiger partial charge is 0.341 e. The number of rotatable bonds is 7. The molecule has 1 atom stereocenters. The van der Waals surface area contributed by atoms with Gasteiger partial charge in [0.2, 0.25) is 11.1 Å². The summed E-state index contributed by atoms with van der Waals surface area (Å²) in [6.07, 6.45) is 2.79. The van der Waals surface area contributed by atoms with Crippen LogP contribution in [0, 0.1) is 0 Å². The van der Waals surface area contributed by atoms with Crippen molar-refractivity contribution in [3.63, 3.8) is 0 Å². The Balaban J connectivity index is 1.38. The summed E-state index contributed by atoms with van der Waals surface area (Å²) in [6.45, 7) is 6.70. The van der Waals surface area contributed by atoms with Gasteiger partial charge < -0.3 is 14.6 Å². The minimum Gasteiger partial charge on any atom is -0.462 e. The first-order valence-corrected chi connectivity index (χ1v) is 13.1. The monoisotopic (exact) mass is 495 g/mol. The second-order valence-corrected chi connectivity index (χ2v) is 10.5. The Bertz CT molecular complexity index is 1410. The molecule has 0 radical (unpaired) electrons. The summed E-state index contributed by atoms with van der Waals surface area (Å²) < 4.78 is 7.36. The number of amides is 1. The van der Waals surface area contributed by atoms with E-state index in [1.54, 1.807) is 13.8 Å². The Morgan fingerprint density at radius 2 is 2.06 bits per heavy atom. The molecule has 5 rings (SSSR count). The van der Waals surface area contributed by atoms with Crippen LogP contribution in [0.4, 0.5) is 5.00 Å². The summed E-state index contributed by atoms with van der Waals surface area (Å²) in [5.41, 5.74) is 4.10. The number of para-hydroxylation sites is 1. The summed E-state index contributed by atoms with van der Waals surface area (Å²) in [5, 5.41) is 13.2. The molecule has 1 unspecified atom stereocenters. The van der Waals surface area contributed by atoms with Crippen molar-refractivity contribution in [3.8, 4) is 0 Å². The number of thiophene rings is 1. The van der Waals surface area contributed by atoms with Crippen molar-refractivity contribution in [1.82, 2.24) is 19.7 Å². The maximum Gasteiger partial charge on any atom is 0.341 e. The van der Waals surface area contributed by atoms with Gasteiger partial charge in [0.05, 0.1) is 22.9 Å². The second-order valence-electron chi connectivity index (χ2n) is 8.06. The van der Waals surface area contributed by atoms with Crippen LogP contribution in [0.25, 0.3) is 22.1 Å². The van der Waals surface area contributed by atoms with Crippen molar-refractivity contribution in [3.05, 3.63) is 40.3 Å². The van der Waals surface area contributed by atoms with Gasteiger partial charge in [0.25, 0.3) is 0 Å². The molecule has 0 spiro atoms. The van der Waals surface area contributed by atoms with Crippen molar-refractivity contribution >= 4 is 62.0 Å². The molecule has 176 valence electrons. The number of hydrogen-bond acceptors (Lipinski definition) is 8. The Kier molecular flexibility index (Phi) is 6.26. The van der Waals surface area contributed by atoms with E-state index < -0.39 is 5.25 Å². The van der Waals surface area contributed by atoms with E-state index in [1.165, 1.54) is 23.1 Å². The van der Waals surface area contributed by atoms with E-state index in [4.69, 9.17) is 9.72 Å². The molecule has 0 bridgehead atoms. The van der Waals surface area contributed by atoms with Crippen LogP contribution in [0.15, 0.2) is 29.4 Å². The third-order valence-corrected chi connectivity index (χ3v) is 8.12. The van der Waals surface area contributed by atoms with Gasteiger partial charge in [0.1, 0.15) is 10.5 Å². The van der Waals surface area contributed by atoms with Crippen LogP contribution in [0.5, 0.6) is 0 Å². The maximum absolute atomic E-state index is 13.0. The number of nitrogens with zero attached hydrogens (tertiary/aromatic N) is 4. The maximum atomic E-state index is 13.0. The van der Waals surface area contributed by atoms with E-state index in [-0.39, 0.29) is 11.9 Å². The van der Waals surface area contributed by atoms with Crippen LogP contribution in [-0.2, 0) is 28.9 Å². The molecule has 0 aliphatic heterocycles. The van der Waals surface area contributed by atoms with Crippen LogP contribution in [-0.4, -0.2) is 43.5 Å². The van der Waals surface area contributed by atoms with E-state index in [9.17, 15) is 9.59 Å². The number of benzene rings is 1. The predicted octanol–water partition coefficient (Wildman–Crippen LogP) is 4.85. The van der Waals surface area contributed by atoms with Crippen molar-refractivity contribution in [2.45, 2.75) is 57.0 Å². The zero-order chi connectivity index (χ0) is 23.8. The van der Waals surface area contributed by atoms with Crippen molar-refractivity contribution in [2.24, 2.45) is 0 Å². The molecule has 0 saturated carbocycles. The number of aryl methyl sites for hydroxylation is 2. The van der Waals surface area contributed by atoms with Crippen LogP contribution in [0.3, 0.4) is 0 Å². The van der Waals surface area contributed by atoms with E-state index in [2.05, 4.69) is 27.0 Å². The molecular weight excluding hydrogens is 470 g/mol. The van der Waals surface area contributed by atoms with Gasteiger partial charge in [0, 0.05) is 16.8 Å². The van der Waals surface area contributed by atoms with Crippen molar-refractivity contribution < 1.29 is 14.3 Å². The number of carbonyl (C=O) groups is 2. The standard InChI is InChI=1S/C24H25N5O3S2/c1-4-29-16-11-7-6-9-14(16)19-20(29)25-24(28-27-19)33-13(3)21(30)26-22-18(23(31)32-5-2)15-10-8-12-17(15)34-22/h6-7,9,11,13H,4-5,8,10,12H2,1-3H3,(H,26,30). The lowest BCUT2D eigenvalue weighted by atomic mass is 10.1. The Morgan fingerprint density at radius 3 is 2.85 bits per heavy atom. The molecule has 4 aromatic rings. The molecule has 1 aromatic carbocycles. The number of anilines is 1. The summed E-state index contributed by atoms with van der Waals surface area (Å²) in [7, 11) is 0. The Morgan fingerprint density at radius 1 is 1.24 bits per heavy atom. The van der Waals surface area contributed by atoms with Gasteiger partial charge in [-0.1, -0.05) is 30.0 Å². The minimum atomic E-state index is -0.481. The van der Waals surface area contributed by atoms with Crippen LogP contribution >= 0.6 is 23.1 Å². The van der Waals surface area contributed by atoms with Crippen molar-refractivity contribution in [2.75, 3.05) is 11.9 Å². The molecule has 3 aromatic heterocycles. The van der Waals surface area contributed by atoms with Gasteiger partial charge in [-0.2, -0.15) is 0 Å². The van der Waals surface area contributed by atoms with Gasteiger partial charge in [-0.05, 0) is 51.7 Å². The molecule has 1 aliphatic carbocycles. The lowest BCUT2D eigenvalue weighted by molar-refractivity contribution is -0.115. The lowest BCUT2D eigenvalue weighted by Gasteiger charge is -2.12. The normalized spacial score (nSPS) is 13.9. The number of thioether (sulfide) groups is 1. The highest BCUT2D eigenvalue weighted by Crippen LogP contribution is 2.40. The molecular formula is C24H25N5O3S2. The number of aromatic nitrogens is 4. The average molecular weight is 496 g/mol. The third kappa shape index (κ3) is 3.94. The number of esters is 1. The van der Waals surface area contributed by atoms with Gasteiger partial charge in [-0.15, -0.1) is 21.5 Å². The largest absolute Gasteiger partial charge is 0.462 e. The highest BCUT2D eigenvalue weighted by Gasteiger charge is 2.29. The topological polar surface area (TPSA) is 99.0 Å². The second kappa shape index (κ2) is 9.34. The van der Waals surface area contributed by atoms with Crippen LogP contribution in [0.1, 0.15) is 48.0 Å². The number of ether oxygens (including phenoxy) is 1. The van der Waals surface area contributed by atoms with Gasteiger partial charge in [-0.25, -0.2) is 9.78 Å². The third-order valence-electron chi connectivity index (χ3n) is 5.96.